The Labute approximate surface area is 184 Å². The maximum absolute atomic E-state index is 11.3. The molecule has 0 saturated carbocycles. The van der Waals surface area contributed by atoms with E-state index in [1.54, 1.807) is 0 Å². The quantitative estimate of drug-likeness (QED) is 0.596. The van der Waals surface area contributed by atoms with E-state index in [0.29, 0.717) is 17.7 Å². The third-order valence-electron chi connectivity index (χ3n) is 7.48. The highest BCUT2D eigenvalue weighted by molar-refractivity contribution is 6.63. The first kappa shape index (κ1) is 23.6. The van der Waals surface area contributed by atoms with Crippen molar-refractivity contribution in [2.75, 3.05) is 6.54 Å². The Bertz CT molecular complexity index is 695. The van der Waals surface area contributed by atoms with Crippen LogP contribution >= 0.6 is 0 Å². The molecule has 0 radical (unpaired) electrons. The van der Waals surface area contributed by atoms with Gasteiger partial charge in [0.05, 0.1) is 11.2 Å². The predicted octanol–water partition coefficient (Wildman–Crippen LogP) is 5.58. The lowest BCUT2D eigenvalue weighted by Crippen LogP contribution is -2.41. The topological polar surface area (TPSA) is 50.7 Å². The fourth-order valence-corrected chi connectivity index (χ4v) is 4.86. The van der Waals surface area contributed by atoms with Crippen molar-refractivity contribution in [3.63, 3.8) is 0 Å². The van der Waals surface area contributed by atoms with Gasteiger partial charge in [-0.2, -0.15) is 0 Å². The van der Waals surface area contributed by atoms with E-state index in [4.69, 9.17) is 9.31 Å². The number of aromatic hydroxyl groups is 1. The van der Waals surface area contributed by atoms with Gasteiger partial charge < -0.3 is 19.7 Å². The standard InChI is InChI=1S/C25H42BNO3/c1-7-13-18(8-2)20-16-19(21-14-11-9-10-12-15-27-21)17-22(28)23(20)26-29-24(3,4)25(5,6)30-26/h16-18,21,27-28H,7-15H2,1-6H3. The Morgan fingerprint density at radius 1 is 1.07 bits per heavy atom. The zero-order chi connectivity index (χ0) is 21.9. The minimum absolute atomic E-state index is 0.307. The average molecular weight is 415 g/mol. The smallest absolute Gasteiger partial charge is 0.498 e. The van der Waals surface area contributed by atoms with Gasteiger partial charge in [0.2, 0.25) is 0 Å². The first-order chi connectivity index (χ1) is 14.2. The molecule has 0 aromatic heterocycles. The molecule has 2 saturated heterocycles. The highest BCUT2D eigenvalue weighted by Crippen LogP contribution is 2.39. The van der Waals surface area contributed by atoms with Crippen molar-refractivity contribution in [1.29, 1.82) is 0 Å². The summed E-state index contributed by atoms with van der Waals surface area (Å²) in [7, 11) is -0.532. The Morgan fingerprint density at radius 3 is 2.37 bits per heavy atom. The minimum Gasteiger partial charge on any atom is -0.508 e. The van der Waals surface area contributed by atoms with Crippen LogP contribution in [-0.4, -0.2) is 30.0 Å². The fourth-order valence-electron chi connectivity index (χ4n) is 4.86. The van der Waals surface area contributed by atoms with Crippen LogP contribution in [0.2, 0.25) is 0 Å². The number of nitrogens with one attached hydrogen (secondary N) is 1. The van der Waals surface area contributed by atoms with Gasteiger partial charge in [-0.25, -0.2) is 0 Å². The summed E-state index contributed by atoms with van der Waals surface area (Å²) in [6.07, 6.45) is 9.47. The van der Waals surface area contributed by atoms with Crippen molar-refractivity contribution >= 4 is 12.6 Å². The van der Waals surface area contributed by atoms with Gasteiger partial charge in [0.25, 0.3) is 0 Å². The molecule has 30 heavy (non-hydrogen) atoms. The van der Waals surface area contributed by atoms with E-state index in [1.165, 1.54) is 36.8 Å². The largest absolute Gasteiger partial charge is 0.508 e. The molecule has 2 fully saturated rings. The molecular formula is C25H42BNO3. The molecule has 2 unspecified atom stereocenters. The molecule has 0 bridgehead atoms. The maximum Gasteiger partial charge on any atom is 0.498 e. The number of phenolic OH excluding ortho intramolecular Hbond substituents is 1. The summed E-state index contributed by atoms with van der Waals surface area (Å²) < 4.78 is 12.7. The van der Waals surface area contributed by atoms with Crippen molar-refractivity contribution < 1.29 is 14.4 Å². The fraction of sp³-hybridized carbons (Fsp3) is 0.760. The molecule has 2 N–H and O–H groups in total. The normalized spacial score (nSPS) is 25.0. The van der Waals surface area contributed by atoms with Gasteiger partial charge in [-0.05, 0) is 83.0 Å². The predicted molar refractivity (Wildman–Crippen MR) is 126 cm³/mol. The number of benzene rings is 1. The second-order valence-electron chi connectivity index (χ2n) is 10.2. The van der Waals surface area contributed by atoms with E-state index < -0.39 is 18.3 Å². The number of phenols is 1. The van der Waals surface area contributed by atoms with Crippen LogP contribution in [0.25, 0.3) is 0 Å². The summed E-state index contributed by atoms with van der Waals surface area (Å²) in [4.78, 5) is 0. The molecule has 1 aromatic rings. The lowest BCUT2D eigenvalue weighted by Gasteiger charge is -2.32. The minimum atomic E-state index is -0.532. The molecule has 5 heteroatoms. The molecule has 3 rings (SSSR count). The van der Waals surface area contributed by atoms with Gasteiger partial charge in [0, 0.05) is 11.5 Å². The monoisotopic (exact) mass is 415 g/mol. The Morgan fingerprint density at radius 2 is 1.73 bits per heavy atom. The number of hydrogen-bond acceptors (Lipinski definition) is 4. The first-order valence-corrected chi connectivity index (χ1v) is 12.2. The van der Waals surface area contributed by atoms with Gasteiger partial charge in [0.15, 0.2) is 0 Å². The van der Waals surface area contributed by atoms with Crippen LogP contribution in [-0.2, 0) is 9.31 Å². The third kappa shape index (κ3) is 4.89. The number of rotatable bonds is 6. The van der Waals surface area contributed by atoms with Gasteiger partial charge in [-0.15, -0.1) is 0 Å². The van der Waals surface area contributed by atoms with Gasteiger partial charge >= 0.3 is 7.12 Å². The highest BCUT2D eigenvalue weighted by atomic mass is 16.7. The summed E-state index contributed by atoms with van der Waals surface area (Å²) in [5.41, 5.74) is 2.40. The zero-order valence-electron chi connectivity index (χ0n) is 20.0. The molecule has 2 aliphatic rings. The second-order valence-corrected chi connectivity index (χ2v) is 10.2. The molecule has 2 aliphatic heterocycles. The van der Waals surface area contributed by atoms with Crippen LogP contribution in [0.1, 0.15) is 116 Å². The van der Waals surface area contributed by atoms with Crippen molar-refractivity contribution in [2.45, 2.75) is 116 Å². The van der Waals surface area contributed by atoms with E-state index in [9.17, 15) is 5.11 Å². The molecule has 1 aromatic carbocycles. The first-order valence-electron chi connectivity index (χ1n) is 12.2. The van der Waals surface area contributed by atoms with Gasteiger partial charge in [-0.1, -0.05) is 45.6 Å². The van der Waals surface area contributed by atoms with E-state index in [-0.39, 0.29) is 0 Å². The SMILES string of the molecule is CCCC(CC)c1cc(C2CCCCCCN2)cc(O)c1B1OC(C)(C)C(C)(C)O1. The molecule has 0 spiro atoms. The molecule has 168 valence electrons. The summed E-state index contributed by atoms with van der Waals surface area (Å²) in [5, 5.41) is 15.0. The average Bonchev–Trinajstić information content (AvgIpc) is 2.85. The lowest BCUT2D eigenvalue weighted by atomic mass is 9.70. The molecule has 0 aliphatic carbocycles. The number of hydrogen-bond donors (Lipinski definition) is 2. The van der Waals surface area contributed by atoms with Crippen molar-refractivity contribution in [3.05, 3.63) is 23.3 Å². The summed E-state index contributed by atoms with van der Waals surface area (Å²) in [5.74, 6) is 0.711. The van der Waals surface area contributed by atoms with Crippen LogP contribution in [0.5, 0.6) is 5.75 Å². The summed E-state index contributed by atoms with van der Waals surface area (Å²) in [6.45, 7) is 13.8. The molecule has 4 nitrogen and oxygen atoms in total. The molecule has 2 heterocycles. The Kier molecular flexibility index (Phi) is 7.58. The molecule has 0 amide bonds. The Hall–Kier alpha value is -1.04. The van der Waals surface area contributed by atoms with Crippen LogP contribution in [0.4, 0.5) is 0 Å². The van der Waals surface area contributed by atoms with Gasteiger partial charge in [0.1, 0.15) is 5.75 Å². The van der Waals surface area contributed by atoms with Crippen LogP contribution < -0.4 is 10.8 Å². The van der Waals surface area contributed by atoms with E-state index in [0.717, 1.165) is 37.7 Å². The molecular weight excluding hydrogens is 373 g/mol. The van der Waals surface area contributed by atoms with Crippen molar-refractivity contribution in [2.24, 2.45) is 0 Å². The van der Waals surface area contributed by atoms with Crippen LogP contribution in [0.3, 0.4) is 0 Å². The lowest BCUT2D eigenvalue weighted by molar-refractivity contribution is 0.00578. The third-order valence-corrected chi connectivity index (χ3v) is 7.48. The van der Waals surface area contributed by atoms with E-state index >= 15 is 0 Å². The van der Waals surface area contributed by atoms with E-state index in [1.807, 2.05) is 6.07 Å². The zero-order valence-corrected chi connectivity index (χ0v) is 20.0. The van der Waals surface area contributed by atoms with Crippen LogP contribution in [0.15, 0.2) is 12.1 Å². The van der Waals surface area contributed by atoms with Crippen molar-refractivity contribution in [1.82, 2.24) is 5.32 Å². The highest BCUT2D eigenvalue weighted by Gasteiger charge is 2.53. The maximum atomic E-state index is 11.3. The van der Waals surface area contributed by atoms with Crippen molar-refractivity contribution in [3.8, 4) is 5.75 Å². The second kappa shape index (κ2) is 9.62. The van der Waals surface area contributed by atoms with Gasteiger partial charge in [-0.3, -0.25) is 0 Å². The summed E-state index contributed by atoms with van der Waals surface area (Å²) >= 11 is 0. The molecule has 2 atom stereocenters. The van der Waals surface area contributed by atoms with Crippen LogP contribution in [0, 0.1) is 0 Å². The summed E-state index contributed by atoms with van der Waals surface area (Å²) in [6, 6.07) is 4.60. The van der Waals surface area contributed by atoms with E-state index in [2.05, 4.69) is 52.9 Å². The Balaban J connectivity index is 2.03.